The van der Waals surface area contributed by atoms with E-state index in [1.165, 1.54) is 0 Å². The third kappa shape index (κ3) is 11.2. The molecule has 30 heavy (non-hydrogen) atoms. The highest BCUT2D eigenvalue weighted by atomic mass is 127. The van der Waals surface area contributed by atoms with Crippen molar-refractivity contribution in [3.8, 4) is 0 Å². The van der Waals surface area contributed by atoms with E-state index < -0.39 is 17.5 Å². The number of nitrogens with one attached hydrogen (secondary N) is 2. The quantitative estimate of drug-likeness (QED) is 0.282. The fraction of sp³-hybridized carbons (Fsp3) is 0.722. The zero-order valence-electron chi connectivity index (χ0n) is 17.9. The lowest BCUT2D eigenvalue weighted by Gasteiger charge is -2.27. The number of carbonyl (C=O) groups excluding carboxylic acids is 1. The number of carbonyl (C=O) groups is 1. The molecule has 7 nitrogen and oxygen atoms in total. The number of halogens is 4. The summed E-state index contributed by atoms with van der Waals surface area (Å²) in [6, 6.07) is 0. The highest BCUT2D eigenvalue weighted by Gasteiger charge is 2.33. The van der Waals surface area contributed by atoms with Gasteiger partial charge in [0.15, 0.2) is 11.7 Å². The lowest BCUT2D eigenvalue weighted by atomic mass is 10.2. The van der Waals surface area contributed by atoms with Crippen molar-refractivity contribution in [2.24, 2.45) is 4.99 Å². The molecule has 0 atom stereocenters. The summed E-state index contributed by atoms with van der Waals surface area (Å²) >= 11 is 0.981. The van der Waals surface area contributed by atoms with Gasteiger partial charge in [-0.3, -0.25) is 4.99 Å². The Morgan fingerprint density at radius 1 is 1.23 bits per heavy atom. The van der Waals surface area contributed by atoms with Gasteiger partial charge in [-0.2, -0.15) is 13.2 Å². The molecule has 0 saturated carbocycles. The molecule has 0 saturated heterocycles. The van der Waals surface area contributed by atoms with Crippen molar-refractivity contribution >= 4 is 47.4 Å². The van der Waals surface area contributed by atoms with Crippen LogP contribution in [0.15, 0.2) is 10.4 Å². The summed E-state index contributed by atoms with van der Waals surface area (Å²) in [5.41, 5.74) is -1.42. The molecular weight excluding hydrogens is 534 g/mol. The van der Waals surface area contributed by atoms with Crippen LogP contribution in [0.4, 0.5) is 18.0 Å². The minimum Gasteiger partial charge on any atom is -0.444 e. The zero-order chi connectivity index (χ0) is 22.1. The molecule has 0 unspecified atom stereocenters. The Kier molecular flexibility index (Phi) is 12.6. The number of aliphatic imine (C=N–C) groups is 1. The van der Waals surface area contributed by atoms with Gasteiger partial charge in [0.1, 0.15) is 5.60 Å². The van der Waals surface area contributed by atoms with Crippen LogP contribution in [-0.4, -0.2) is 60.8 Å². The second kappa shape index (κ2) is 13.2. The number of guanidine groups is 1. The predicted molar refractivity (Wildman–Crippen MR) is 124 cm³/mol. The van der Waals surface area contributed by atoms with Gasteiger partial charge >= 0.3 is 12.3 Å². The molecule has 12 heteroatoms. The molecule has 174 valence electrons. The van der Waals surface area contributed by atoms with E-state index in [0.29, 0.717) is 43.6 Å². The van der Waals surface area contributed by atoms with Crippen molar-refractivity contribution in [1.82, 2.24) is 20.5 Å². The maximum Gasteiger partial charge on any atom is 0.434 e. The number of alkyl halides is 3. The third-order valence-corrected chi connectivity index (χ3v) is 4.43. The number of rotatable bonds is 8. The zero-order valence-corrected chi connectivity index (χ0v) is 21.1. The van der Waals surface area contributed by atoms with Crippen LogP contribution in [0.2, 0.25) is 0 Å². The number of hydrogen-bond acceptors (Lipinski definition) is 5. The van der Waals surface area contributed by atoms with Crippen LogP contribution in [0.5, 0.6) is 0 Å². The topological polar surface area (TPSA) is 78.9 Å². The summed E-state index contributed by atoms with van der Waals surface area (Å²) in [5.74, 6) is 0.498. The molecule has 2 N–H and O–H groups in total. The molecule has 0 bridgehead atoms. The van der Waals surface area contributed by atoms with Crippen molar-refractivity contribution in [2.75, 3.05) is 33.2 Å². The molecule has 0 radical (unpaired) electrons. The smallest absolute Gasteiger partial charge is 0.434 e. The Hall–Kier alpha value is -1.31. The Morgan fingerprint density at radius 3 is 2.37 bits per heavy atom. The lowest BCUT2D eigenvalue weighted by molar-refractivity contribution is -0.140. The van der Waals surface area contributed by atoms with Gasteiger partial charge in [0.05, 0.1) is 5.01 Å². The summed E-state index contributed by atoms with van der Waals surface area (Å²) in [5, 5.41) is 7.53. The maximum absolute atomic E-state index is 12.6. The highest BCUT2D eigenvalue weighted by molar-refractivity contribution is 14.0. The summed E-state index contributed by atoms with van der Waals surface area (Å²) in [7, 11) is 1.60. The van der Waals surface area contributed by atoms with E-state index in [4.69, 9.17) is 4.74 Å². The highest BCUT2D eigenvalue weighted by Crippen LogP contribution is 2.29. The molecule has 1 amide bonds. The lowest BCUT2D eigenvalue weighted by Crippen LogP contribution is -2.45. The van der Waals surface area contributed by atoms with Crippen LogP contribution in [0.1, 0.15) is 44.8 Å². The van der Waals surface area contributed by atoms with Crippen LogP contribution in [0.25, 0.3) is 0 Å². The van der Waals surface area contributed by atoms with E-state index in [-0.39, 0.29) is 30.1 Å². The number of ether oxygens (including phenoxy) is 1. The van der Waals surface area contributed by atoms with Crippen LogP contribution in [-0.2, 0) is 17.3 Å². The Balaban J connectivity index is 0.00000841. The number of aromatic nitrogens is 1. The van der Waals surface area contributed by atoms with Crippen molar-refractivity contribution in [1.29, 1.82) is 0 Å². The fourth-order valence-corrected chi connectivity index (χ4v) is 3.07. The second-order valence-electron chi connectivity index (χ2n) is 7.27. The van der Waals surface area contributed by atoms with Gasteiger partial charge < -0.3 is 20.3 Å². The molecule has 0 aliphatic rings. The van der Waals surface area contributed by atoms with Gasteiger partial charge in [-0.15, -0.1) is 35.3 Å². The standard InChI is InChI=1S/C18H30F3N5O2S.HI/c1-6-10-26(16(27)28-17(2,3)4)11-9-24-15(22-5)23-8-7-14-25-13(12-29-14)18(19,20)21;/h12H,6-11H2,1-5H3,(H2,22,23,24);1H. The second-order valence-corrected chi connectivity index (χ2v) is 8.21. The fourth-order valence-electron chi connectivity index (χ4n) is 2.26. The summed E-state index contributed by atoms with van der Waals surface area (Å²) in [6.45, 7) is 9.29. The molecule has 0 spiro atoms. The summed E-state index contributed by atoms with van der Waals surface area (Å²) < 4.78 is 43.1. The first-order chi connectivity index (χ1) is 13.5. The van der Waals surface area contributed by atoms with Crippen molar-refractivity contribution in [2.45, 2.75) is 52.3 Å². The third-order valence-electron chi connectivity index (χ3n) is 3.52. The molecule has 0 aromatic carbocycles. The molecule has 1 rings (SSSR count). The number of thiazole rings is 1. The molecule has 1 aromatic heterocycles. The molecule has 0 aliphatic heterocycles. The summed E-state index contributed by atoms with van der Waals surface area (Å²) in [4.78, 5) is 21.5. The SMILES string of the molecule is CCCN(CCNC(=NC)NCCc1nc(C(F)(F)F)cs1)C(=O)OC(C)(C)C.I. The number of hydrogen-bond donors (Lipinski definition) is 2. The molecule has 1 aromatic rings. The van der Waals surface area contributed by atoms with Crippen molar-refractivity contribution in [3.05, 3.63) is 16.1 Å². The van der Waals surface area contributed by atoms with E-state index in [1.54, 1.807) is 11.9 Å². The Morgan fingerprint density at radius 2 is 1.87 bits per heavy atom. The summed E-state index contributed by atoms with van der Waals surface area (Å²) in [6.07, 6.45) is -3.63. The van der Waals surface area contributed by atoms with E-state index >= 15 is 0 Å². The van der Waals surface area contributed by atoms with Crippen molar-refractivity contribution < 1.29 is 22.7 Å². The van der Waals surface area contributed by atoms with E-state index in [2.05, 4.69) is 20.6 Å². The van der Waals surface area contributed by atoms with Crippen LogP contribution in [0.3, 0.4) is 0 Å². The average molecular weight is 565 g/mol. The molecular formula is C18H31F3IN5O2S. The normalized spacial score (nSPS) is 12.2. The minimum atomic E-state index is -4.42. The van der Waals surface area contributed by atoms with Crippen LogP contribution >= 0.6 is 35.3 Å². The Labute approximate surface area is 196 Å². The van der Waals surface area contributed by atoms with E-state index in [0.717, 1.165) is 23.1 Å². The van der Waals surface area contributed by atoms with E-state index in [9.17, 15) is 18.0 Å². The van der Waals surface area contributed by atoms with Gasteiger partial charge in [-0.05, 0) is 27.2 Å². The Bertz CT molecular complexity index is 678. The van der Waals surface area contributed by atoms with Gasteiger partial charge in [-0.1, -0.05) is 6.92 Å². The molecule has 1 heterocycles. The van der Waals surface area contributed by atoms with Gasteiger partial charge in [0.2, 0.25) is 0 Å². The van der Waals surface area contributed by atoms with Gasteiger partial charge in [0.25, 0.3) is 0 Å². The largest absolute Gasteiger partial charge is 0.444 e. The first kappa shape index (κ1) is 28.7. The maximum atomic E-state index is 12.6. The van der Waals surface area contributed by atoms with Crippen molar-refractivity contribution in [3.63, 3.8) is 0 Å². The van der Waals surface area contributed by atoms with Gasteiger partial charge in [0, 0.05) is 45.0 Å². The average Bonchev–Trinajstić information content (AvgIpc) is 3.07. The molecule has 0 fully saturated rings. The van der Waals surface area contributed by atoms with Gasteiger partial charge in [-0.25, -0.2) is 9.78 Å². The van der Waals surface area contributed by atoms with E-state index in [1.807, 2.05) is 27.7 Å². The minimum absolute atomic E-state index is 0. The molecule has 0 aliphatic carbocycles. The first-order valence-corrected chi connectivity index (χ1v) is 10.3. The number of amides is 1. The van der Waals surface area contributed by atoms with Crippen LogP contribution in [0, 0.1) is 0 Å². The predicted octanol–water partition coefficient (Wildman–Crippen LogP) is 4.13. The number of nitrogens with zero attached hydrogens (tertiary/aromatic N) is 3. The van der Waals surface area contributed by atoms with Crippen LogP contribution < -0.4 is 10.6 Å². The first-order valence-electron chi connectivity index (χ1n) is 9.40. The monoisotopic (exact) mass is 565 g/mol.